The van der Waals surface area contributed by atoms with Gasteiger partial charge in [0.25, 0.3) is 0 Å². The highest BCUT2D eigenvalue weighted by Crippen LogP contribution is 2.23. The van der Waals surface area contributed by atoms with E-state index in [0.29, 0.717) is 0 Å². The summed E-state index contributed by atoms with van der Waals surface area (Å²) < 4.78 is 0. The summed E-state index contributed by atoms with van der Waals surface area (Å²) >= 11 is 0. The van der Waals surface area contributed by atoms with E-state index in [4.69, 9.17) is 0 Å². The smallest absolute Gasteiger partial charge is 0.0746 e. The Morgan fingerprint density at radius 3 is 2.65 bits per heavy atom. The molecule has 0 bridgehead atoms. The Labute approximate surface area is 121 Å². The molecule has 1 unspecified atom stereocenters. The summed E-state index contributed by atoms with van der Waals surface area (Å²) in [7, 11) is 0. The Bertz CT molecular complexity index is 555. The van der Waals surface area contributed by atoms with Crippen LogP contribution in [0.4, 0.5) is 0 Å². The molecule has 0 aliphatic carbocycles. The SMILES string of the molecule is CC(C)(C)C(CCO)NCc1cccc2cccnc12. The molecule has 20 heavy (non-hydrogen) atoms. The number of nitrogens with zero attached hydrogens (tertiary/aromatic N) is 1. The monoisotopic (exact) mass is 272 g/mol. The number of para-hydroxylation sites is 1. The summed E-state index contributed by atoms with van der Waals surface area (Å²) in [6.45, 7) is 7.57. The van der Waals surface area contributed by atoms with Crippen LogP contribution in [0.2, 0.25) is 0 Å². The summed E-state index contributed by atoms with van der Waals surface area (Å²) in [6.07, 6.45) is 2.60. The van der Waals surface area contributed by atoms with Crippen molar-refractivity contribution in [1.82, 2.24) is 10.3 Å². The van der Waals surface area contributed by atoms with Crippen molar-refractivity contribution in [2.24, 2.45) is 5.41 Å². The van der Waals surface area contributed by atoms with Gasteiger partial charge in [0.05, 0.1) is 5.52 Å². The van der Waals surface area contributed by atoms with Crippen molar-refractivity contribution in [2.45, 2.75) is 39.8 Å². The van der Waals surface area contributed by atoms with Crippen molar-refractivity contribution < 1.29 is 5.11 Å². The fourth-order valence-corrected chi connectivity index (χ4v) is 2.51. The van der Waals surface area contributed by atoms with Gasteiger partial charge >= 0.3 is 0 Å². The second-order valence-electron chi connectivity index (χ2n) is 6.30. The van der Waals surface area contributed by atoms with E-state index in [1.165, 1.54) is 10.9 Å². The van der Waals surface area contributed by atoms with Gasteiger partial charge in [-0.15, -0.1) is 0 Å². The summed E-state index contributed by atoms with van der Waals surface area (Å²) in [6, 6.07) is 10.6. The molecule has 3 nitrogen and oxygen atoms in total. The highest BCUT2D eigenvalue weighted by atomic mass is 16.3. The number of aromatic nitrogens is 1. The summed E-state index contributed by atoms with van der Waals surface area (Å²) in [5.41, 5.74) is 2.38. The average molecular weight is 272 g/mol. The Kier molecular flexibility index (Phi) is 4.73. The lowest BCUT2D eigenvalue weighted by Crippen LogP contribution is -2.40. The highest BCUT2D eigenvalue weighted by molar-refractivity contribution is 5.81. The first kappa shape index (κ1) is 14.9. The number of hydrogen-bond donors (Lipinski definition) is 2. The molecule has 1 heterocycles. The van der Waals surface area contributed by atoms with Gasteiger partial charge < -0.3 is 10.4 Å². The normalized spacial score (nSPS) is 13.6. The van der Waals surface area contributed by atoms with E-state index in [9.17, 15) is 5.11 Å². The van der Waals surface area contributed by atoms with Crippen molar-refractivity contribution in [2.75, 3.05) is 6.61 Å². The second-order valence-corrected chi connectivity index (χ2v) is 6.30. The molecule has 1 atom stereocenters. The second kappa shape index (κ2) is 6.33. The van der Waals surface area contributed by atoms with Gasteiger partial charge in [-0.3, -0.25) is 4.98 Å². The molecule has 0 saturated heterocycles. The van der Waals surface area contributed by atoms with E-state index < -0.39 is 0 Å². The van der Waals surface area contributed by atoms with Crippen LogP contribution in [0.25, 0.3) is 10.9 Å². The lowest BCUT2D eigenvalue weighted by atomic mass is 9.85. The van der Waals surface area contributed by atoms with Crippen molar-refractivity contribution >= 4 is 10.9 Å². The number of pyridine rings is 1. The Morgan fingerprint density at radius 2 is 1.95 bits per heavy atom. The zero-order valence-electron chi connectivity index (χ0n) is 12.6. The average Bonchev–Trinajstić information content (AvgIpc) is 2.42. The standard InChI is InChI=1S/C17H24N2O/c1-17(2,3)15(9-11-20)19-12-14-7-4-6-13-8-5-10-18-16(13)14/h4-8,10,15,19-20H,9,11-12H2,1-3H3. The molecule has 1 aromatic carbocycles. The largest absolute Gasteiger partial charge is 0.396 e. The van der Waals surface area contributed by atoms with Gasteiger partial charge in [-0.05, 0) is 23.5 Å². The summed E-state index contributed by atoms with van der Waals surface area (Å²) in [4.78, 5) is 4.48. The van der Waals surface area contributed by atoms with Gasteiger partial charge in [0.15, 0.2) is 0 Å². The van der Waals surface area contributed by atoms with Crippen LogP contribution in [-0.4, -0.2) is 22.7 Å². The van der Waals surface area contributed by atoms with Gasteiger partial charge in [0, 0.05) is 30.8 Å². The number of aliphatic hydroxyl groups excluding tert-OH is 1. The third kappa shape index (κ3) is 3.56. The molecule has 2 N–H and O–H groups in total. The van der Waals surface area contributed by atoms with Crippen molar-refractivity contribution in [1.29, 1.82) is 0 Å². The topological polar surface area (TPSA) is 45.1 Å². The highest BCUT2D eigenvalue weighted by Gasteiger charge is 2.23. The molecule has 0 fully saturated rings. The van der Waals surface area contributed by atoms with Crippen molar-refractivity contribution in [3.8, 4) is 0 Å². The van der Waals surface area contributed by atoms with Crippen LogP contribution in [0.5, 0.6) is 0 Å². The zero-order chi connectivity index (χ0) is 14.6. The molecule has 1 aromatic heterocycles. The zero-order valence-corrected chi connectivity index (χ0v) is 12.6. The first-order valence-electron chi connectivity index (χ1n) is 7.19. The molecule has 0 aliphatic heterocycles. The number of rotatable bonds is 5. The predicted molar refractivity (Wildman–Crippen MR) is 83.5 cm³/mol. The molecule has 0 spiro atoms. The van der Waals surface area contributed by atoms with Crippen LogP contribution in [0, 0.1) is 5.41 Å². The maximum Gasteiger partial charge on any atom is 0.0746 e. The van der Waals surface area contributed by atoms with E-state index in [2.05, 4.69) is 55.3 Å². The number of nitrogens with one attached hydrogen (secondary N) is 1. The van der Waals surface area contributed by atoms with Gasteiger partial charge in [-0.2, -0.15) is 0 Å². The van der Waals surface area contributed by atoms with Crippen molar-refractivity contribution in [3.05, 3.63) is 42.1 Å². The molecular weight excluding hydrogens is 248 g/mol. The maximum absolute atomic E-state index is 9.22. The van der Waals surface area contributed by atoms with Crippen LogP contribution in [0.3, 0.4) is 0 Å². The lowest BCUT2D eigenvalue weighted by molar-refractivity contribution is 0.196. The van der Waals surface area contributed by atoms with Crippen molar-refractivity contribution in [3.63, 3.8) is 0 Å². The van der Waals surface area contributed by atoms with Gasteiger partial charge in [-0.25, -0.2) is 0 Å². The number of benzene rings is 1. The number of hydrogen-bond acceptors (Lipinski definition) is 3. The number of aliphatic hydroxyl groups is 1. The molecule has 2 aromatic rings. The van der Waals surface area contributed by atoms with Crippen LogP contribution in [0.1, 0.15) is 32.8 Å². The predicted octanol–water partition coefficient (Wildman–Crippen LogP) is 3.12. The first-order chi connectivity index (χ1) is 9.52. The molecule has 0 radical (unpaired) electrons. The van der Waals surface area contributed by atoms with Gasteiger partial charge in [0.2, 0.25) is 0 Å². The van der Waals surface area contributed by atoms with Crippen LogP contribution in [-0.2, 0) is 6.54 Å². The van der Waals surface area contributed by atoms with Gasteiger partial charge in [-0.1, -0.05) is 45.0 Å². The van der Waals surface area contributed by atoms with Crippen LogP contribution >= 0.6 is 0 Å². The van der Waals surface area contributed by atoms with E-state index in [1.807, 2.05) is 12.3 Å². The Hall–Kier alpha value is -1.45. The maximum atomic E-state index is 9.22. The third-order valence-electron chi connectivity index (χ3n) is 3.72. The third-order valence-corrected chi connectivity index (χ3v) is 3.72. The lowest BCUT2D eigenvalue weighted by Gasteiger charge is -2.31. The molecule has 0 aliphatic rings. The van der Waals surface area contributed by atoms with E-state index in [-0.39, 0.29) is 18.1 Å². The van der Waals surface area contributed by atoms with E-state index in [0.717, 1.165) is 18.5 Å². The van der Waals surface area contributed by atoms with E-state index in [1.54, 1.807) is 0 Å². The quantitative estimate of drug-likeness (QED) is 0.879. The summed E-state index contributed by atoms with van der Waals surface area (Å²) in [5.74, 6) is 0. The van der Waals surface area contributed by atoms with Gasteiger partial charge in [0.1, 0.15) is 0 Å². The number of fused-ring (bicyclic) bond motifs is 1. The summed E-state index contributed by atoms with van der Waals surface area (Å²) in [5, 5.41) is 14.0. The molecule has 108 valence electrons. The Balaban J connectivity index is 2.16. The molecule has 0 amide bonds. The first-order valence-corrected chi connectivity index (χ1v) is 7.19. The molecule has 3 heteroatoms. The minimum Gasteiger partial charge on any atom is -0.396 e. The van der Waals surface area contributed by atoms with E-state index >= 15 is 0 Å². The Morgan fingerprint density at radius 1 is 1.20 bits per heavy atom. The molecular formula is C17H24N2O. The van der Waals surface area contributed by atoms with Crippen LogP contribution in [0.15, 0.2) is 36.5 Å². The molecule has 0 saturated carbocycles. The molecule has 2 rings (SSSR count). The van der Waals surface area contributed by atoms with Crippen LogP contribution < -0.4 is 5.32 Å². The fourth-order valence-electron chi connectivity index (χ4n) is 2.51. The minimum absolute atomic E-state index is 0.126. The minimum atomic E-state index is 0.126. The fraction of sp³-hybridized carbons (Fsp3) is 0.471.